The molecule has 7 nitrogen and oxygen atoms in total. The Morgan fingerprint density at radius 3 is 2.43 bits per heavy atom. The van der Waals surface area contributed by atoms with Crippen molar-refractivity contribution in [3.05, 3.63) is 150 Å². The van der Waals surface area contributed by atoms with Gasteiger partial charge in [-0.15, -0.1) is 11.8 Å². The Morgan fingerprint density at radius 1 is 0.841 bits per heavy atom. The number of thioether (sulfide) groups is 1. The molecule has 1 aliphatic rings. The third kappa shape index (κ3) is 7.59. The fraction of sp³-hybridized carbons (Fsp3) is 0.194. The Balaban J connectivity index is 1.15. The summed E-state index contributed by atoms with van der Waals surface area (Å²) in [5.74, 6) is 0.601. The Morgan fingerprint density at radius 2 is 1.68 bits per heavy atom. The molecule has 1 saturated heterocycles. The van der Waals surface area contributed by atoms with E-state index in [4.69, 9.17) is 9.47 Å². The molecule has 0 spiro atoms. The van der Waals surface area contributed by atoms with Gasteiger partial charge in [0.1, 0.15) is 0 Å². The maximum atomic E-state index is 12.5. The van der Waals surface area contributed by atoms with Crippen molar-refractivity contribution in [1.82, 2.24) is 15.3 Å². The van der Waals surface area contributed by atoms with Crippen LogP contribution in [0, 0.1) is 0 Å². The number of hydrogen-bond donors (Lipinski definition) is 2. The molecule has 3 heterocycles. The summed E-state index contributed by atoms with van der Waals surface area (Å²) in [5, 5.41) is 13.4. The molecule has 1 aliphatic heterocycles. The molecule has 222 valence electrons. The molecule has 0 bridgehead atoms. The second-order valence-electron chi connectivity index (χ2n) is 10.6. The van der Waals surface area contributed by atoms with Gasteiger partial charge in [0.05, 0.1) is 29.4 Å². The number of nitrogens with zero attached hydrogens (tertiary/aromatic N) is 2. The van der Waals surface area contributed by atoms with Crippen LogP contribution in [-0.2, 0) is 22.6 Å². The zero-order valence-electron chi connectivity index (χ0n) is 24.1. The first-order valence-electron chi connectivity index (χ1n) is 14.6. The second kappa shape index (κ2) is 14.4. The van der Waals surface area contributed by atoms with Crippen molar-refractivity contribution in [2.75, 3.05) is 5.75 Å². The molecular formula is C36H33N3O4S. The van der Waals surface area contributed by atoms with E-state index in [1.54, 1.807) is 42.5 Å². The van der Waals surface area contributed by atoms with Gasteiger partial charge in [0.25, 0.3) is 5.91 Å². The van der Waals surface area contributed by atoms with E-state index in [1.165, 1.54) is 0 Å². The normalized spacial score (nSPS) is 18.1. The van der Waals surface area contributed by atoms with Gasteiger partial charge < -0.3 is 19.9 Å². The number of pyridine rings is 2. The summed E-state index contributed by atoms with van der Waals surface area (Å²) in [6.45, 7) is 0.429. The van der Waals surface area contributed by atoms with Crippen molar-refractivity contribution in [3.8, 4) is 11.1 Å². The average Bonchev–Trinajstić information content (AvgIpc) is 3.10. The molecule has 8 heteroatoms. The van der Waals surface area contributed by atoms with E-state index >= 15 is 0 Å². The van der Waals surface area contributed by atoms with Crippen molar-refractivity contribution < 1.29 is 19.4 Å². The van der Waals surface area contributed by atoms with E-state index < -0.39 is 6.29 Å². The third-order valence-electron chi connectivity index (χ3n) is 7.49. The topological polar surface area (TPSA) is 93.6 Å². The van der Waals surface area contributed by atoms with Crippen LogP contribution in [0.4, 0.5) is 0 Å². The van der Waals surface area contributed by atoms with Crippen LogP contribution in [0.2, 0.25) is 0 Å². The average molecular weight is 604 g/mol. The van der Waals surface area contributed by atoms with Gasteiger partial charge >= 0.3 is 0 Å². The molecule has 5 aromatic rings. The van der Waals surface area contributed by atoms with E-state index in [1.807, 2.05) is 54.6 Å². The zero-order valence-corrected chi connectivity index (χ0v) is 24.9. The van der Waals surface area contributed by atoms with Gasteiger partial charge in [-0.2, -0.15) is 0 Å². The fourth-order valence-electron chi connectivity index (χ4n) is 5.11. The van der Waals surface area contributed by atoms with Gasteiger partial charge in [0, 0.05) is 42.9 Å². The number of aliphatic hydroxyl groups excluding tert-OH is 1. The van der Waals surface area contributed by atoms with Gasteiger partial charge in [0.15, 0.2) is 6.29 Å². The molecule has 44 heavy (non-hydrogen) atoms. The highest BCUT2D eigenvalue weighted by Gasteiger charge is 2.32. The SMILES string of the molecule is O=C(NCc1cccc(-c2ccc(C3OC(CSc4ccccn4)CC(c4ccc(CO)cc4)O3)cc2)c1)c1cccnc1. The van der Waals surface area contributed by atoms with E-state index in [2.05, 4.69) is 51.7 Å². The number of hydrogen-bond acceptors (Lipinski definition) is 7. The zero-order chi connectivity index (χ0) is 30.1. The van der Waals surface area contributed by atoms with Crippen LogP contribution in [0.15, 0.2) is 127 Å². The van der Waals surface area contributed by atoms with E-state index in [9.17, 15) is 9.90 Å². The number of nitrogens with one attached hydrogen (secondary N) is 1. The Bertz CT molecular complexity index is 1650. The minimum atomic E-state index is -0.524. The third-order valence-corrected chi connectivity index (χ3v) is 8.57. The number of benzene rings is 3. The predicted molar refractivity (Wildman–Crippen MR) is 171 cm³/mol. The predicted octanol–water partition coefficient (Wildman–Crippen LogP) is 6.90. The lowest BCUT2D eigenvalue weighted by atomic mass is 9.99. The highest BCUT2D eigenvalue weighted by Crippen LogP contribution is 2.39. The van der Waals surface area contributed by atoms with Crippen molar-refractivity contribution in [2.45, 2.75) is 43.1 Å². The largest absolute Gasteiger partial charge is 0.392 e. The number of aliphatic hydroxyl groups is 1. The van der Waals surface area contributed by atoms with Crippen molar-refractivity contribution >= 4 is 17.7 Å². The molecule has 3 atom stereocenters. The number of aromatic nitrogens is 2. The quantitative estimate of drug-likeness (QED) is 0.168. The highest BCUT2D eigenvalue weighted by atomic mass is 32.2. The van der Waals surface area contributed by atoms with E-state index in [-0.39, 0.29) is 24.7 Å². The maximum absolute atomic E-state index is 12.5. The summed E-state index contributed by atoms with van der Waals surface area (Å²) in [6.07, 6.45) is 5.02. The number of rotatable bonds is 10. The fourth-order valence-corrected chi connectivity index (χ4v) is 5.99. The molecule has 6 rings (SSSR count). The molecule has 0 aliphatic carbocycles. The lowest BCUT2D eigenvalue weighted by Gasteiger charge is -2.36. The van der Waals surface area contributed by atoms with Gasteiger partial charge in [-0.05, 0) is 58.1 Å². The smallest absolute Gasteiger partial charge is 0.253 e. The molecule has 1 amide bonds. The lowest BCUT2D eigenvalue weighted by molar-refractivity contribution is -0.245. The second-order valence-corrected chi connectivity index (χ2v) is 11.6. The Hall–Kier alpha value is -4.34. The standard InChI is InChI=1S/C36H33N3O4S/c40-23-25-9-11-28(12-10-25)33-20-32(24-44-34-8-1-2-18-38-34)42-36(43-33)29-15-13-27(14-16-29)30-6-3-5-26(19-30)21-39-35(41)31-7-4-17-37-22-31/h1-19,22,32-33,36,40H,20-21,23-24H2,(H,39,41). The Kier molecular flexibility index (Phi) is 9.74. The summed E-state index contributed by atoms with van der Waals surface area (Å²) >= 11 is 1.68. The first-order valence-corrected chi connectivity index (χ1v) is 15.5. The van der Waals surface area contributed by atoms with Gasteiger partial charge in [-0.1, -0.05) is 72.8 Å². The maximum Gasteiger partial charge on any atom is 0.253 e. The van der Waals surface area contributed by atoms with Gasteiger partial charge in [-0.3, -0.25) is 9.78 Å². The van der Waals surface area contributed by atoms with Crippen molar-refractivity contribution in [2.24, 2.45) is 0 Å². The molecular weight excluding hydrogens is 570 g/mol. The number of carbonyl (C=O) groups excluding carboxylic acids is 1. The number of ether oxygens (including phenoxy) is 2. The summed E-state index contributed by atoms with van der Waals surface area (Å²) < 4.78 is 13.0. The summed E-state index contributed by atoms with van der Waals surface area (Å²) in [5.41, 5.74) is 6.53. The molecule has 2 aromatic heterocycles. The van der Waals surface area contributed by atoms with E-state index in [0.29, 0.717) is 12.1 Å². The van der Waals surface area contributed by atoms with Crippen LogP contribution >= 0.6 is 11.8 Å². The highest BCUT2D eigenvalue weighted by molar-refractivity contribution is 7.99. The van der Waals surface area contributed by atoms with Crippen LogP contribution < -0.4 is 5.32 Å². The lowest BCUT2D eigenvalue weighted by Crippen LogP contribution is -2.31. The van der Waals surface area contributed by atoms with Crippen molar-refractivity contribution in [3.63, 3.8) is 0 Å². The van der Waals surface area contributed by atoms with Crippen LogP contribution in [0.25, 0.3) is 11.1 Å². The monoisotopic (exact) mass is 603 g/mol. The van der Waals surface area contributed by atoms with Crippen LogP contribution in [0.1, 0.15) is 51.4 Å². The molecule has 3 unspecified atom stereocenters. The minimum Gasteiger partial charge on any atom is -0.392 e. The Labute approximate surface area is 261 Å². The molecule has 0 saturated carbocycles. The van der Waals surface area contributed by atoms with Gasteiger partial charge in [-0.25, -0.2) is 4.98 Å². The molecule has 1 fully saturated rings. The molecule has 3 aromatic carbocycles. The van der Waals surface area contributed by atoms with Crippen molar-refractivity contribution in [1.29, 1.82) is 0 Å². The summed E-state index contributed by atoms with van der Waals surface area (Å²) in [4.78, 5) is 20.9. The van der Waals surface area contributed by atoms with Crippen LogP contribution in [0.3, 0.4) is 0 Å². The first-order chi connectivity index (χ1) is 21.6. The summed E-state index contributed by atoms with van der Waals surface area (Å²) in [6, 6.07) is 33.7. The van der Waals surface area contributed by atoms with Crippen LogP contribution in [-0.4, -0.2) is 32.8 Å². The molecule has 0 radical (unpaired) electrons. The number of amides is 1. The first kappa shape index (κ1) is 29.7. The van der Waals surface area contributed by atoms with Crippen LogP contribution in [0.5, 0.6) is 0 Å². The summed E-state index contributed by atoms with van der Waals surface area (Å²) in [7, 11) is 0. The number of carbonyl (C=O) groups is 1. The van der Waals surface area contributed by atoms with Gasteiger partial charge in [0.2, 0.25) is 0 Å². The molecule has 2 N–H and O–H groups in total. The van der Waals surface area contributed by atoms with E-state index in [0.717, 1.165) is 50.6 Å². The minimum absolute atomic E-state index is 0.0101.